The molecule has 0 aliphatic rings. The van der Waals surface area contributed by atoms with Crippen LogP contribution in [-0.4, -0.2) is 29.3 Å². The minimum Gasteiger partial charge on any atom is -0.497 e. The summed E-state index contributed by atoms with van der Waals surface area (Å²) in [6.45, 7) is 0.516. The Balaban J connectivity index is 1.61. The third-order valence-corrected chi connectivity index (χ3v) is 4.11. The van der Waals surface area contributed by atoms with Gasteiger partial charge in [0, 0.05) is 19.2 Å². The molecule has 0 fully saturated rings. The standard InChI is InChI=1S/C20H20FN3O2/c1-24-19(13-18(23-24)15-5-7-16(21)8-6-15)20(25)22-12-11-14-3-9-17(26-2)10-4-14/h3-10,13H,11-12H2,1-2H3,(H,22,25). The van der Waals surface area contributed by atoms with Crippen molar-refractivity contribution in [2.45, 2.75) is 6.42 Å². The summed E-state index contributed by atoms with van der Waals surface area (Å²) in [6.07, 6.45) is 0.721. The molecule has 0 radical (unpaired) electrons. The zero-order valence-electron chi connectivity index (χ0n) is 14.7. The number of rotatable bonds is 6. The van der Waals surface area contributed by atoms with Crippen molar-refractivity contribution in [3.63, 3.8) is 0 Å². The SMILES string of the molecule is COc1ccc(CCNC(=O)c2cc(-c3ccc(F)cc3)nn2C)cc1. The molecule has 1 heterocycles. The lowest BCUT2D eigenvalue weighted by atomic mass is 10.1. The number of nitrogens with one attached hydrogen (secondary N) is 1. The van der Waals surface area contributed by atoms with Gasteiger partial charge in [0.15, 0.2) is 0 Å². The molecule has 1 amide bonds. The highest BCUT2D eigenvalue weighted by atomic mass is 19.1. The van der Waals surface area contributed by atoms with Gasteiger partial charge in [-0.05, 0) is 54.4 Å². The molecule has 0 aliphatic heterocycles. The predicted molar refractivity (Wildman–Crippen MR) is 97.6 cm³/mol. The van der Waals surface area contributed by atoms with Crippen LogP contribution in [-0.2, 0) is 13.5 Å². The zero-order valence-corrected chi connectivity index (χ0v) is 14.7. The third-order valence-electron chi connectivity index (χ3n) is 4.11. The van der Waals surface area contributed by atoms with E-state index in [1.54, 1.807) is 32.4 Å². The quantitative estimate of drug-likeness (QED) is 0.740. The summed E-state index contributed by atoms with van der Waals surface area (Å²) < 4.78 is 19.7. The van der Waals surface area contributed by atoms with Crippen LogP contribution in [0.4, 0.5) is 4.39 Å². The van der Waals surface area contributed by atoms with Crippen molar-refractivity contribution in [1.82, 2.24) is 15.1 Å². The number of aromatic nitrogens is 2. The summed E-state index contributed by atoms with van der Waals surface area (Å²) in [4.78, 5) is 12.4. The van der Waals surface area contributed by atoms with Gasteiger partial charge in [0.1, 0.15) is 17.3 Å². The van der Waals surface area contributed by atoms with Crippen LogP contribution in [0.15, 0.2) is 54.6 Å². The van der Waals surface area contributed by atoms with Gasteiger partial charge in [0.05, 0.1) is 12.8 Å². The Morgan fingerprint density at radius 2 is 1.85 bits per heavy atom. The molecule has 3 aromatic rings. The topological polar surface area (TPSA) is 56.1 Å². The first-order chi connectivity index (χ1) is 12.6. The fourth-order valence-corrected chi connectivity index (χ4v) is 2.64. The van der Waals surface area contributed by atoms with Crippen LogP contribution < -0.4 is 10.1 Å². The van der Waals surface area contributed by atoms with Crippen molar-refractivity contribution < 1.29 is 13.9 Å². The molecule has 0 saturated carbocycles. The minimum atomic E-state index is -0.304. The van der Waals surface area contributed by atoms with Gasteiger partial charge in [0.25, 0.3) is 5.91 Å². The van der Waals surface area contributed by atoms with Gasteiger partial charge in [-0.1, -0.05) is 12.1 Å². The molecule has 2 aromatic carbocycles. The second-order valence-electron chi connectivity index (χ2n) is 5.90. The van der Waals surface area contributed by atoms with Crippen LogP contribution in [0.3, 0.4) is 0 Å². The second-order valence-corrected chi connectivity index (χ2v) is 5.90. The highest BCUT2D eigenvalue weighted by Gasteiger charge is 2.14. The van der Waals surface area contributed by atoms with Gasteiger partial charge >= 0.3 is 0 Å². The van der Waals surface area contributed by atoms with E-state index in [1.165, 1.54) is 16.8 Å². The number of ether oxygens (including phenoxy) is 1. The smallest absolute Gasteiger partial charge is 0.269 e. The van der Waals surface area contributed by atoms with E-state index in [9.17, 15) is 9.18 Å². The van der Waals surface area contributed by atoms with Crippen molar-refractivity contribution in [1.29, 1.82) is 0 Å². The first-order valence-electron chi connectivity index (χ1n) is 8.28. The number of hydrogen-bond donors (Lipinski definition) is 1. The maximum absolute atomic E-state index is 13.0. The van der Waals surface area contributed by atoms with Gasteiger partial charge < -0.3 is 10.1 Å². The Morgan fingerprint density at radius 3 is 2.50 bits per heavy atom. The second kappa shape index (κ2) is 7.82. The van der Waals surface area contributed by atoms with Gasteiger partial charge in [-0.15, -0.1) is 0 Å². The number of aryl methyl sites for hydroxylation is 1. The average molecular weight is 353 g/mol. The fraction of sp³-hybridized carbons (Fsp3) is 0.200. The van der Waals surface area contributed by atoms with Crippen molar-refractivity contribution in [2.75, 3.05) is 13.7 Å². The lowest BCUT2D eigenvalue weighted by Gasteiger charge is -2.06. The van der Waals surface area contributed by atoms with Crippen LogP contribution in [0, 0.1) is 5.82 Å². The van der Waals surface area contributed by atoms with Crippen molar-refractivity contribution in [3.05, 3.63) is 71.7 Å². The molecule has 1 aromatic heterocycles. The molecule has 0 aliphatic carbocycles. The highest BCUT2D eigenvalue weighted by molar-refractivity contribution is 5.93. The lowest BCUT2D eigenvalue weighted by Crippen LogP contribution is -2.27. The number of carbonyl (C=O) groups is 1. The first-order valence-corrected chi connectivity index (χ1v) is 8.28. The Labute approximate surface area is 151 Å². The van der Waals surface area contributed by atoms with Gasteiger partial charge in [0.2, 0.25) is 0 Å². The highest BCUT2D eigenvalue weighted by Crippen LogP contribution is 2.19. The Kier molecular flexibility index (Phi) is 5.31. The largest absolute Gasteiger partial charge is 0.497 e. The summed E-state index contributed by atoms with van der Waals surface area (Å²) in [6, 6.07) is 15.5. The normalized spacial score (nSPS) is 10.6. The van der Waals surface area contributed by atoms with Crippen LogP contribution in [0.1, 0.15) is 16.1 Å². The van der Waals surface area contributed by atoms with Crippen molar-refractivity contribution >= 4 is 5.91 Å². The van der Waals surface area contributed by atoms with E-state index in [2.05, 4.69) is 10.4 Å². The summed E-state index contributed by atoms with van der Waals surface area (Å²) in [5, 5.41) is 7.24. The van der Waals surface area contributed by atoms with E-state index >= 15 is 0 Å². The molecule has 6 heteroatoms. The molecular weight excluding hydrogens is 333 g/mol. The molecule has 26 heavy (non-hydrogen) atoms. The van der Waals surface area contributed by atoms with Crippen LogP contribution in [0.25, 0.3) is 11.3 Å². The van der Waals surface area contributed by atoms with E-state index in [4.69, 9.17) is 4.74 Å². The number of hydrogen-bond acceptors (Lipinski definition) is 3. The molecule has 0 unspecified atom stereocenters. The molecule has 5 nitrogen and oxygen atoms in total. The number of nitrogens with zero attached hydrogens (tertiary/aromatic N) is 2. The first kappa shape index (κ1) is 17.7. The molecule has 0 bridgehead atoms. The predicted octanol–water partition coefficient (Wildman–Crippen LogP) is 3.21. The molecule has 0 spiro atoms. The number of benzene rings is 2. The van der Waals surface area contributed by atoms with E-state index in [-0.39, 0.29) is 11.7 Å². The molecule has 3 rings (SSSR count). The molecule has 0 saturated heterocycles. The van der Waals surface area contributed by atoms with E-state index in [0.717, 1.165) is 23.3 Å². The van der Waals surface area contributed by atoms with Gasteiger partial charge in [-0.25, -0.2) is 4.39 Å². The monoisotopic (exact) mass is 353 g/mol. The molecule has 1 N–H and O–H groups in total. The van der Waals surface area contributed by atoms with E-state index < -0.39 is 0 Å². The van der Waals surface area contributed by atoms with E-state index in [0.29, 0.717) is 17.9 Å². The van der Waals surface area contributed by atoms with Gasteiger partial charge in [-0.2, -0.15) is 5.10 Å². The number of methoxy groups -OCH3 is 1. The van der Waals surface area contributed by atoms with Crippen LogP contribution in [0.5, 0.6) is 5.75 Å². The number of halogens is 1. The summed E-state index contributed by atoms with van der Waals surface area (Å²) in [7, 11) is 3.34. The van der Waals surface area contributed by atoms with E-state index in [1.807, 2.05) is 24.3 Å². The number of amides is 1. The number of carbonyl (C=O) groups excluding carboxylic acids is 1. The maximum atomic E-state index is 13.0. The maximum Gasteiger partial charge on any atom is 0.269 e. The lowest BCUT2D eigenvalue weighted by molar-refractivity contribution is 0.0944. The summed E-state index contributed by atoms with van der Waals surface area (Å²) in [5.74, 6) is 0.309. The third kappa shape index (κ3) is 4.08. The van der Waals surface area contributed by atoms with Gasteiger partial charge in [-0.3, -0.25) is 9.48 Å². The van der Waals surface area contributed by atoms with Crippen molar-refractivity contribution in [3.8, 4) is 17.0 Å². The average Bonchev–Trinajstić information content (AvgIpc) is 3.04. The Hall–Kier alpha value is -3.15. The zero-order chi connectivity index (χ0) is 18.5. The molecule has 134 valence electrons. The summed E-state index contributed by atoms with van der Waals surface area (Å²) >= 11 is 0. The molecule has 0 atom stereocenters. The van der Waals surface area contributed by atoms with Crippen LogP contribution >= 0.6 is 0 Å². The summed E-state index contributed by atoms with van der Waals surface area (Å²) in [5.41, 5.74) is 2.97. The van der Waals surface area contributed by atoms with Crippen LogP contribution in [0.2, 0.25) is 0 Å². The van der Waals surface area contributed by atoms with Crippen molar-refractivity contribution in [2.24, 2.45) is 7.05 Å². The Morgan fingerprint density at radius 1 is 1.15 bits per heavy atom. The molecular formula is C20H20FN3O2. The Bertz CT molecular complexity index is 886. The fourth-order valence-electron chi connectivity index (χ4n) is 2.64. The minimum absolute atomic E-state index is 0.193.